The van der Waals surface area contributed by atoms with Crippen LogP contribution in [0.4, 0.5) is 5.69 Å². The van der Waals surface area contributed by atoms with E-state index in [0.717, 1.165) is 26.9 Å². The maximum absolute atomic E-state index is 5.92. The van der Waals surface area contributed by atoms with Gasteiger partial charge in [0, 0.05) is 10.7 Å². The number of nitrogens with zero attached hydrogens (tertiary/aromatic N) is 1. The molecule has 0 saturated carbocycles. The number of rotatable bonds is 6. The van der Waals surface area contributed by atoms with Gasteiger partial charge in [-0.15, -0.1) is 0 Å². The van der Waals surface area contributed by atoms with Gasteiger partial charge >= 0.3 is 0 Å². The van der Waals surface area contributed by atoms with E-state index in [-0.39, 0.29) is 0 Å². The summed E-state index contributed by atoms with van der Waals surface area (Å²) < 4.78 is 12.5. The van der Waals surface area contributed by atoms with Crippen molar-refractivity contribution in [3.63, 3.8) is 0 Å². The van der Waals surface area contributed by atoms with Crippen molar-refractivity contribution in [3.05, 3.63) is 87.4 Å². The monoisotopic (exact) mass is 423 g/mol. The molecule has 0 aromatic heterocycles. The predicted molar refractivity (Wildman–Crippen MR) is 115 cm³/mol. The van der Waals surface area contributed by atoms with E-state index in [2.05, 4.69) is 46.9 Å². The molecule has 0 fully saturated rings. The summed E-state index contributed by atoms with van der Waals surface area (Å²) >= 11 is 3.44. The van der Waals surface area contributed by atoms with Crippen molar-refractivity contribution in [1.82, 2.24) is 0 Å². The van der Waals surface area contributed by atoms with E-state index in [1.807, 2.05) is 54.7 Å². The molecule has 3 rings (SSSR count). The van der Waals surface area contributed by atoms with Crippen molar-refractivity contribution in [2.75, 3.05) is 7.11 Å². The summed E-state index contributed by atoms with van der Waals surface area (Å²) in [5, 5.41) is 0. The second-order valence-electron chi connectivity index (χ2n) is 6.37. The fraction of sp³-hybridized carbons (Fsp3) is 0.174. The average molecular weight is 424 g/mol. The third kappa shape index (κ3) is 5.20. The summed E-state index contributed by atoms with van der Waals surface area (Å²) in [6, 6.07) is 20.1. The van der Waals surface area contributed by atoms with Gasteiger partial charge in [-0.1, -0.05) is 45.8 Å². The number of aliphatic imine (C=N–C) groups is 1. The quantitative estimate of drug-likeness (QED) is 0.429. The Hall–Kier alpha value is -2.59. The Morgan fingerprint density at radius 1 is 0.926 bits per heavy atom. The van der Waals surface area contributed by atoms with E-state index in [0.29, 0.717) is 18.1 Å². The Morgan fingerprint density at radius 3 is 2.41 bits per heavy atom. The van der Waals surface area contributed by atoms with Gasteiger partial charge < -0.3 is 9.47 Å². The summed E-state index contributed by atoms with van der Waals surface area (Å²) in [6.45, 7) is 4.64. The van der Waals surface area contributed by atoms with Crippen LogP contribution in [0.1, 0.15) is 22.3 Å². The molecule has 3 nitrogen and oxygen atoms in total. The first kappa shape index (κ1) is 19.2. The van der Waals surface area contributed by atoms with E-state index in [1.165, 1.54) is 5.56 Å². The van der Waals surface area contributed by atoms with Crippen molar-refractivity contribution < 1.29 is 9.47 Å². The lowest BCUT2D eigenvalue weighted by atomic mass is 10.1. The van der Waals surface area contributed by atoms with Gasteiger partial charge in [-0.3, -0.25) is 4.99 Å². The van der Waals surface area contributed by atoms with Crippen molar-refractivity contribution in [3.8, 4) is 11.5 Å². The molecule has 0 bridgehead atoms. The highest BCUT2D eigenvalue weighted by molar-refractivity contribution is 9.10. The largest absolute Gasteiger partial charge is 0.493 e. The van der Waals surface area contributed by atoms with Gasteiger partial charge in [-0.25, -0.2) is 0 Å². The molecule has 3 aromatic rings. The molecule has 27 heavy (non-hydrogen) atoms. The smallest absolute Gasteiger partial charge is 0.161 e. The zero-order chi connectivity index (χ0) is 19.2. The van der Waals surface area contributed by atoms with Crippen LogP contribution in [-0.4, -0.2) is 13.3 Å². The van der Waals surface area contributed by atoms with Crippen LogP contribution in [0, 0.1) is 13.8 Å². The van der Waals surface area contributed by atoms with E-state index >= 15 is 0 Å². The SMILES string of the molecule is COc1cc(C=Nc2ccc(C)cc2C)ccc1OCc1ccc(Br)cc1. The number of halogens is 1. The lowest BCUT2D eigenvalue weighted by Crippen LogP contribution is -1.98. The molecule has 3 aromatic carbocycles. The van der Waals surface area contributed by atoms with Crippen LogP contribution in [0.25, 0.3) is 0 Å². The summed E-state index contributed by atoms with van der Waals surface area (Å²) in [7, 11) is 1.65. The van der Waals surface area contributed by atoms with Crippen LogP contribution in [0.3, 0.4) is 0 Å². The summed E-state index contributed by atoms with van der Waals surface area (Å²) in [4.78, 5) is 4.60. The molecule has 0 aliphatic rings. The van der Waals surface area contributed by atoms with Crippen LogP contribution in [0.2, 0.25) is 0 Å². The van der Waals surface area contributed by atoms with Crippen LogP contribution >= 0.6 is 15.9 Å². The van der Waals surface area contributed by atoms with Crippen molar-refractivity contribution in [2.24, 2.45) is 4.99 Å². The molecule has 0 amide bonds. The second-order valence-corrected chi connectivity index (χ2v) is 7.29. The number of hydrogen-bond acceptors (Lipinski definition) is 3. The van der Waals surface area contributed by atoms with Crippen LogP contribution in [-0.2, 0) is 6.61 Å². The van der Waals surface area contributed by atoms with Gasteiger partial charge in [-0.05, 0) is 66.9 Å². The van der Waals surface area contributed by atoms with Crippen LogP contribution in [0.15, 0.2) is 70.1 Å². The first-order valence-corrected chi connectivity index (χ1v) is 9.51. The van der Waals surface area contributed by atoms with Crippen molar-refractivity contribution in [2.45, 2.75) is 20.5 Å². The second kappa shape index (κ2) is 8.87. The average Bonchev–Trinajstić information content (AvgIpc) is 2.67. The fourth-order valence-electron chi connectivity index (χ4n) is 2.72. The lowest BCUT2D eigenvalue weighted by molar-refractivity contribution is 0.284. The first-order chi connectivity index (χ1) is 13.0. The number of methoxy groups -OCH3 is 1. The third-order valence-corrected chi connectivity index (χ3v) is 4.73. The van der Waals surface area contributed by atoms with Gasteiger partial charge in [0.05, 0.1) is 12.8 Å². The highest BCUT2D eigenvalue weighted by atomic mass is 79.9. The fourth-order valence-corrected chi connectivity index (χ4v) is 2.98. The van der Waals surface area contributed by atoms with Gasteiger partial charge in [0.1, 0.15) is 6.61 Å². The van der Waals surface area contributed by atoms with Crippen LogP contribution in [0.5, 0.6) is 11.5 Å². The Balaban J connectivity index is 1.73. The molecule has 0 heterocycles. The Morgan fingerprint density at radius 2 is 1.70 bits per heavy atom. The third-order valence-electron chi connectivity index (χ3n) is 4.20. The minimum atomic E-state index is 0.486. The van der Waals surface area contributed by atoms with Crippen molar-refractivity contribution >= 4 is 27.8 Å². The molecule has 0 aliphatic heterocycles. The van der Waals surface area contributed by atoms with E-state index in [4.69, 9.17) is 9.47 Å². The molecule has 0 unspecified atom stereocenters. The summed E-state index contributed by atoms with van der Waals surface area (Å²) in [6.07, 6.45) is 1.85. The molecule has 0 N–H and O–H groups in total. The Kier molecular flexibility index (Phi) is 6.30. The number of benzene rings is 3. The van der Waals surface area contributed by atoms with E-state index < -0.39 is 0 Å². The zero-order valence-corrected chi connectivity index (χ0v) is 17.3. The molecule has 138 valence electrons. The number of ether oxygens (including phenoxy) is 2. The maximum atomic E-state index is 5.92. The van der Waals surface area contributed by atoms with Gasteiger partial charge in [0.15, 0.2) is 11.5 Å². The normalized spacial score (nSPS) is 11.0. The predicted octanol–water partition coefficient (Wildman–Crippen LogP) is 6.40. The molecule has 0 radical (unpaired) electrons. The van der Waals surface area contributed by atoms with Gasteiger partial charge in [0.2, 0.25) is 0 Å². The van der Waals surface area contributed by atoms with E-state index in [9.17, 15) is 0 Å². The number of aryl methyl sites for hydroxylation is 2. The summed E-state index contributed by atoms with van der Waals surface area (Å²) in [5.74, 6) is 1.40. The highest BCUT2D eigenvalue weighted by Gasteiger charge is 2.06. The lowest BCUT2D eigenvalue weighted by Gasteiger charge is -2.11. The molecule has 0 aliphatic carbocycles. The van der Waals surface area contributed by atoms with E-state index in [1.54, 1.807) is 7.11 Å². The topological polar surface area (TPSA) is 30.8 Å². The minimum Gasteiger partial charge on any atom is -0.493 e. The molecule has 0 atom stereocenters. The zero-order valence-electron chi connectivity index (χ0n) is 15.7. The van der Waals surface area contributed by atoms with Gasteiger partial charge in [0.25, 0.3) is 0 Å². The van der Waals surface area contributed by atoms with Crippen LogP contribution < -0.4 is 9.47 Å². The molecule has 4 heteroatoms. The Labute approximate surface area is 168 Å². The maximum Gasteiger partial charge on any atom is 0.161 e. The first-order valence-electron chi connectivity index (χ1n) is 8.72. The molecule has 0 saturated heterocycles. The number of hydrogen-bond donors (Lipinski definition) is 0. The van der Waals surface area contributed by atoms with Crippen molar-refractivity contribution in [1.29, 1.82) is 0 Å². The Bertz CT molecular complexity index is 949. The summed E-state index contributed by atoms with van der Waals surface area (Å²) in [5.41, 5.74) is 5.42. The molecular weight excluding hydrogens is 402 g/mol. The molecule has 0 spiro atoms. The van der Waals surface area contributed by atoms with Gasteiger partial charge in [-0.2, -0.15) is 0 Å². The highest BCUT2D eigenvalue weighted by Crippen LogP contribution is 2.29. The molecular formula is C23H22BrNO2. The standard InChI is InChI=1S/C23H22BrNO2/c1-16-4-10-21(17(2)12-16)25-14-19-7-11-22(23(13-19)26-3)27-15-18-5-8-20(24)9-6-18/h4-14H,15H2,1-3H3. The minimum absolute atomic E-state index is 0.486.